The molecule has 1 rings (SSSR count). The summed E-state index contributed by atoms with van der Waals surface area (Å²) in [4.78, 5) is 22.0. The van der Waals surface area contributed by atoms with E-state index in [1.807, 2.05) is 0 Å². The lowest BCUT2D eigenvalue weighted by Crippen LogP contribution is -2.51. The fraction of sp³-hybridized carbons (Fsp3) is 0.667. The van der Waals surface area contributed by atoms with Crippen LogP contribution in [0, 0.1) is 0 Å². The van der Waals surface area contributed by atoms with Crippen LogP contribution < -0.4 is 5.32 Å². The van der Waals surface area contributed by atoms with Gasteiger partial charge in [-0.3, -0.25) is 9.59 Å². The van der Waals surface area contributed by atoms with E-state index in [0.29, 0.717) is 13.0 Å². The van der Waals surface area contributed by atoms with Crippen molar-refractivity contribution in [3.8, 4) is 0 Å². The van der Waals surface area contributed by atoms with Crippen LogP contribution in [0.5, 0.6) is 0 Å². The minimum absolute atomic E-state index is 0.248. The Bertz CT molecular complexity index is 239. The van der Waals surface area contributed by atoms with Crippen LogP contribution in [0.15, 0.2) is 0 Å². The molecule has 1 saturated heterocycles. The standard InChI is InChI=1S/C6H7F3N2O2/c7-6(8,9)5(13)10-3-11-2-1-4(11)12/h1-3H2,(H,10,13). The van der Waals surface area contributed by atoms with E-state index in [-0.39, 0.29) is 12.6 Å². The summed E-state index contributed by atoms with van der Waals surface area (Å²) in [7, 11) is 0. The summed E-state index contributed by atoms with van der Waals surface area (Å²) >= 11 is 0. The van der Waals surface area contributed by atoms with Gasteiger partial charge in [0.15, 0.2) is 0 Å². The summed E-state index contributed by atoms with van der Waals surface area (Å²) in [6.07, 6.45) is -4.55. The van der Waals surface area contributed by atoms with Crippen molar-refractivity contribution in [1.29, 1.82) is 0 Å². The Kier molecular flexibility index (Phi) is 2.44. The molecule has 0 aromatic carbocycles. The normalized spacial score (nSPS) is 16.8. The highest BCUT2D eigenvalue weighted by Gasteiger charge is 2.39. The molecule has 0 atom stereocenters. The minimum Gasteiger partial charge on any atom is -0.331 e. The minimum atomic E-state index is -4.88. The zero-order chi connectivity index (χ0) is 10.1. The fourth-order valence-electron chi connectivity index (χ4n) is 0.796. The van der Waals surface area contributed by atoms with E-state index in [1.54, 1.807) is 5.32 Å². The number of nitrogens with zero attached hydrogens (tertiary/aromatic N) is 1. The monoisotopic (exact) mass is 196 g/mol. The highest BCUT2D eigenvalue weighted by Crippen LogP contribution is 2.14. The Morgan fingerprint density at radius 2 is 2.15 bits per heavy atom. The first-order valence-electron chi connectivity index (χ1n) is 3.54. The predicted octanol–water partition coefficient (Wildman–Crippen LogP) is -0.145. The molecule has 0 saturated carbocycles. The van der Waals surface area contributed by atoms with Crippen molar-refractivity contribution in [1.82, 2.24) is 10.2 Å². The van der Waals surface area contributed by atoms with E-state index in [4.69, 9.17) is 0 Å². The lowest BCUT2D eigenvalue weighted by atomic mass is 10.2. The maximum Gasteiger partial charge on any atom is 0.471 e. The van der Waals surface area contributed by atoms with Crippen molar-refractivity contribution in [2.45, 2.75) is 12.6 Å². The molecule has 1 aliphatic rings. The van der Waals surface area contributed by atoms with E-state index in [0.717, 1.165) is 4.90 Å². The summed E-state index contributed by atoms with van der Waals surface area (Å²) in [6, 6.07) is 0. The van der Waals surface area contributed by atoms with Gasteiger partial charge >= 0.3 is 12.1 Å². The third kappa shape index (κ3) is 2.33. The summed E-state index contributed by atoms with van der Waals surface area (Å²) in [5.41, 5.74) is 0. The van der Waals surface area contributed by atoms with Crippen LogP contribution >= 0.6 is 0 Å². The molecule has 1 heterocycles. The van der Waals surface area contributed by atoms with Crippen molar-refractivity contribution in [2.75, 3.05) is 13.2 Å². The zero-order valence-electron chi connectivity index (χ0n) is 6.52. The molecule has 0 spiro atoms. The average molecular weight is 196 g/mol. The van der Waals surface area contributed by atoms with Crippen LogP contribution in [-0.2, 0) is 9.59 Å². The first-order chi connectivity index (χ1) is 5.91. The second-order valence-corrected chi connectivity index (χ2v) is 2.57. The Balaban J connectivity index is 2.27. The summed E-state index contributed by atoms with van der Waals surface area (Å²) in [5.74, 6) is -2.27. The number of alkyl halides is 3. The first kappa shape index (κ1) is 9.82. The molecule has 0 bridgehead atoms. The van der Waals surface area contributed by atoms with Crippen molar-refractivity contribution in [3.63, 3.8) is 0 Å². The molecule has 74 valence electrons. The highest BCUT2D eigenvalue weighted by molar-refractivity contribution is 5.84. The maximum atomic E-state index is 11.6. The smallest absolute Gasteiger partial charge is 0.331 e. The van der Waals surface area contributed by atoms with Crippen molar-refractivity contribution in [2.24, 2.45) is 0 Å². The quantitative estimate of drug-likeness (QED) is 0.624. The Hall–Kier alpha value is -1.27. The molecular formula is C6H7F3N2O2. The van der Waals surface area contributed by atoms with Crippen LogP contribution in [0.2, 0.25) is 0 Å². The third-order valence-electron chi connectivity index (χ3n) is 1.64. The van der Waals surface area contributed by atoms with Gasteiger partial charge in [0, 0.05) is 13.0 Å². The molecule has 13 heavy (non-hydrogen) atoms. The molecule has 7 heteroatoms. The molecule has 0 aromatic rings. The summed E-state index contributed by atoms with van der Waals surface area (Å²) in [6.45, 7) is 0.0359. The van der Waals surface area contributed by atoms with E-state index >= 15 is 0 Å². The average Bonchev–Trinajstić information content (AvgIpc) is 2.00. The first-order valence-corrected chi connectivity index (χ1v) is 3.54. The van der Waals surface area contributed by atoms with E-state index in [2.05, 4.69) is 0 Å². The Morgan fingerprint density at radius 1 is 1.54 bits per heavy atom. The van der Waals surface area contributed by atoms with Crippen LogP contribution in [0.25, 0.3) is 0 Å². The van der Waals surface area contributed by atoms with Gasteiger partial charge in [0.25, 0.3) is 0 Å². The van der Waals surface area contributed by atoms with Gasteiger partial charge in [-0.05, 0) is 0 Å². The topological polar surface area (TPSA) is 49.4 Å². The van der Waals surface area contributed by atoms with Crippen molar-refractivity contribution < 1.29 is 22.8 Å². The Morgan fingerprint density at radius 3 is 2.46 bits per heavy atom. The number of β-lactam (4-membered cyclic amide) rings is 1. The second kappa shape index (κ2) is 3.23. The number of nitrogens with one attached hydrogen (secondary N) is 1. The number of carbonyl (C=O) groups is 2. The third-order valence-corrected chi connectivity index (χ3v) is 1.64. The van der Waals surface area contributed by atoms with Gasteiger partial charge in [0.1, 0.15) is 0 Å². The van der Waals surface area contributed by atoms with E-state index in [1.165, 1.54) is 0 Å². The van der Waals surface area contributed by atoms with Crippen LogP contribution in [0.4, 0.5) is 13.2 Å². The number of rotatable bonds is 2. The zero-order valence-corrected chi connectivity index (χ0v) is 6.52. The van der Waals surface area contributed by atoms with E-state index < -0.39 is 12.1 Å². The summed E-state index contributed by atoms with van der Waals surface area (Å²) in [5, 5.41) is 1.60. The molecule has 0 unspecified atom stereocenters. The van der Waals surface area contributed by atoms with Gasteiger partial charge in [-0.25, -0.2) is 0 Å². The van der Waals surface area contributed by atoms with E-state index in [9.17, 15) is 22.8 Å². The molecular weight excluding hydrogens is 189 g/mol. The highest BCUT2D eigenvalue weighted by atomic mass is 19.4. The molecule has 1 aliphatic heterocycles. The molecule has 4 nitrogen and oxygen atoms in total. The molecule has 0 aromatic heterocycles. The van der Waals surface area contributed by atoms with Crippen molar-refractivity contribution >= 4 is 11.8 Å². The number of hydrogen-bond donors (Lipinski definition) is 1. The molecule has 1 fully saturated rings. The van der Waals surface area contributed by atoms with Gasteiger partial charge in [0.2, 0.25) is 5.91 Å². The Labute approximate surface area is 71.7 Å². The van der Waals surface area contributed by atoms with Gasteiger partial charge in [-0.2, -0.15) is 13.2 Å². The van der Waals surface area contributed by atoms with Crippen LogP contribution in [0.1, 0.15) is 6.42 Å². The molecule has 0 radical (unpaired) electrons. The molecule has 2 amide bonds. The number of hydrogen-bond acceptors (Lipinski definition) is 2. The predicted molar refractivity (Wildman–Crippen MR) is 35.4 cm³/mol. The van der Waals surface area contributed by atoms with Crippen LogP contribution in [0.3, 0.4) is 0 Å². The fourth-order valence-corrected chi connectivity index (χ4v) is 0.796. The number of halogens is 3. The largest absolute Gasteiger partial charge is 0.471 e. The molecule has 0 aliphatic carbocycles. The number of amides is 2. The molecule has 1 N–H and O–H groups in total. The van der Waals surface area contributed by atoms with Crippen molar-refractivity contribution in [3.05, 3.63) is 0 Å². The number of likely N-dealkylation sites (tertiary alicyclic amines) is 1. The maximum absolute atomic E-state index is 11.6. The lowest BCUT2D eigenvalue weighted by molar-refractivity contribution is -0.174. The summed E-state index contributed by atoms with van der Waals surface area (Å²) < 4.78 is 34.8. The van der Waals surface area contributed by atoms with Gasteiger partial charge < -0.3 is 10.2 Å². The van der Waals surface area contributed by atoms with Gasteiger partial charge in [-0.1, -0.05) is 0 Å². The second-order valence-electron chi connectivity index (χ2n) is 2.57. The lowest BCUT2D eigenvalue weighted by Gasteiger charge is -2.30. The van der Waals surface area contributed by atoms with Crippen LogP contribution in [-0.4, -0.2) is 36.1 Å². The number of carbonyl (C=O) groups excluding carboxylic acids is 2. The van der Waals surface area contributed by atoms with Gasteiger partial charge in [0.05, 0.1) is 6.67 Å². The SMILES string of the molecule is O=C1CCN1CNC(=O)C(F)(F)F. The van der Waals surface area contributed by atoms with Gasteiger partial charge in [-0.15, -0.1) is 0 Å².